The Labute approximate surface area is 137 Å². The second kappa shape index (κ2) is 5.02. The molecular weight excluding hydrogens is 313 g/mol. The van der Waals surface area contributed by atoms with Crippen LogP contribution >= 0.6 is 0 Å². The Kier molecular flexibility index (Phi) is 3.06. The number of nitrogen functional groups attached to an aromatic ring is 1. The standard InChI is InChI=1S/C17H16FN3O3/c1-22-10-7-12-15(13(18)8-10)23-14-3-2-9(19)6-11(14)17(12)4-5-21-16(20)24-17/h2-3,6-8H,4-5,19H2,1H3,(H2,20,21)/t17-/m0/s1. The normalized spacial score (nSPS) is 21.2. The summed E-state index contributed by atoms with van der Waals surface area (Å²) in [6.07, 6.45) is 0.479. The number of hydrogen-bond donors (Lipinski definition) is 2. The van der Waals surface area contributed by atoms with Crippen LogP contribution < -0.4 is 20.9 Å². The van der Waals surface area contributed by atoms with Crippen molar-refractivity contribution in [3.05, 3.63) is 47.3 Å². The average Bonchev–Trinajstić information content (AvgIpc) is 2.56. The van der Waals surface area contributed by atoms with Crippen LogP contribution in [0.4, 0.5) is 10.1 Å². The zero-order valence-electron chi connectivity index (χ0n) is 13.0. The smallest absolute Gasteiger partial charge is 0.283 e. The van der Waals surface area contributed by atoms with Crippen molar-refractivity contribution in [1.29, 1.82) is 0 Å². The Balaban J connectivity index is 2.03. The van der Waals surface area contributed by atoms with Crippen LogP contribution in [0.25, 0.3) is 0 Å². The van der Waals surface area contributed by atoms with Gasteiger partial charge in [0.05, 0.1) is 7.11 Å². The van der Waals surface area contributed by atoms with E-state index in [-0.39, 0.29) is 11.8 Å². The van der Waals surface area contributed by atoms with E-state index in [9.17, 15) is 4.39 Å². The van der Waals surface area contributed by atoms with Crippen molar-refractivity contribution >= 4 is 11.7 Å². The van der Waals surface area contributed by atoms with Crippen molar-refractivity contribution in [3.8, 4) is 17.2 Å². The quantitative estimate of drug-likeness (QED) is 0.784. The minimum absolute atomic E-state index is 0.0469. The molecule has 1 atom stereocenters. The molecule has 0 unspecified atom stereocenters. The van der Waals surface area contributed by atoms with Gasteiger partial charge in [0, 0.05) is 35.8 Å². The minimum atomic E-state index is -1.01. The van der Waals surface area contributed by atoms with Crippen molar-refractivity contribution < 1.29 is 18.6 Å². The molecule has 2 aliphatic heterocycles. The summed E-state index contributed by atoms with van der Waals surface area (Å²) < 4.78 is 31.5. The van der Waals surface area contributed by atoms with E-state index in [2.05, 4.69) is 4.99 Å². The van der Waals surface area contributed by atoms with Crippen LogP contribution in [0.15, 0.2) is 35.3 Å². The van der Waals surface area contributed by atoms with E-state index < -0.39 is 11.4 Å². The molecule has 7 heteroatoms. The predicted octanol–water partition coefficient (Wildman–Crippen LogP) is 2.50. The fourth-order valence-electron chi connectivity index (χ4n) is 3.26. The van der Waals surface area contributed by atoms with Crippen LogP contribution in [0.2, 0.25) is 0 Å². The van der Waals surface area contributed by atoms with E-state index in [1.54, 1.807) is 24.3 Å². The fraction of sp³-hybridized carbons (Fsp3) is 0.235. The van der Waals surface area contributed by atoms with Crippen molar-refractivity contribution in [2.75, 3.05) is 19.4 Å². The predicted molar refractivity (Wildman–Crippen MR) is 86.9 cm³/mol. The lowest BCUT2D eigenvalue weighted by atomic mass is 9.79. The molecule has 124 valence electrons. The lowest BCUT2D eigenvalue weighted by Crippen LogP contribution is -2.42. The van der Waals surface area contributed by atoms with Crippen molar-refractivity contribution in [2.45, 2.75) is 12.0 Å². The largest absolute Gasteiger partial charge is 0.497 e. The summed E-state index contributed by atoms with van der Waals surface area (Å²) in [6.45, 7) is 0.443. The maximum absolute atomic E-state index is 14.6. The van der Waals surface area contributed by atoms with Crippen LogP contribution in [-0.2, 0) is 10.3 Å². The van der Waals surface area contributed by atoms with Gasteiger partial charge >= 0.3 is 0 Å². The van der Waals surface area contributed by atoms with Gasteiger partial charge in [-0.1, -0.05) is 0 Å². The maximum atomic E-state index is 14.6. The molecule has 0 saturated heterocycles. The first-order valence-electron chi connectivity index (χ1n) is 7.48. The Bertz CT molecular complexity index is 868. The van der Waals surface area contributed by atoms with Gasteiger partial charge in [0.15, 0.2) is 17.2 Å². The number of ether oxygens (including phenoxy) is 3. The Morgan fingerprint density at radius 1 is 1.21 bits per heavy atom. The van der Waals surface area contributed by atoms with Gasteiger partial charge in [0.25, 0.3) is 6.02 Å². The van der Waals surface area contributed by atoms with Crippen molar-refractivity contribution in [1.82, 2.24) is 0 Å². The first-order chi connectivity index (χ1) is 11.5. The summed E-state index contributed by atoms with van der Waals surface area (Å²) in [5.41, 5.74) is 12.5. The highest BCUT2D eigenvalue weighted by molar-refractivity contribution is 5.75. The topological polar surface area (TPSA) is 92.1 Å². The molecule has 1 spiro atoms. The molecule has 0 aliphatic carbocycles. The lowest BCUT2D eigenvalue weighted by molar-refractivity contribution is 0.0624. The van der Waals surface area contributed by atoms with Gasteiger partial charge in [-0.2, -0.15) is 0 Å². The Morgan fingerprint density at radius 3 is 2.79 bits per heavy atom. The van der Waals surface area contributed by atoms with Crippen LogP contribution in [0.5, 0.6) is 17.2 Å². The summed E-state index contributed by atoms with van der Waals surface area (Å²) in [6, 6.07) is 8.17. The monoisotopic (exact) mass is 329 g/mol. The van der Waals surface area contributed by atoms with Crippen LogP contribution in [0.1, 0.15) is 17.5 Å². The second-order valence-electron chi connectivity index (χ2n) is 5.74. The van der Waals surface area contributed by atoms with Gasteiger partial charge in [-0.05, 0) is 24.3 Å². The molecule has 0 bridgehead atoms. The molecule has 0 saturated carbocycles. The first-order valence-corrected chi connectivity index (χ1v) is 7.48. The fourth-order valence-corrected chi connectivity index (χ4v) is 3.26. The average molecular weight is 329 g/mol. The highest BCUT2D eigenvalue weighted by atomic mass is 19.1. The summed E-state index contributed by atoms with van der Waals surface area (Å²) in [4.78, 5) is 4.09. The van der Waals surface area contributed by atoms with Crippen LogP contribution in [0, 0.1) is 5.82 Å². The third-order valence-corrected chi connectivity index (χ3v) is 4.35. The molecule has 2 aliphatic rings. The zero-order chi connectivity index (χ0) is 16.9. The number of fused-ring (bicyclic) bond motifs is 4. The third-order valence-electron chi connectivity index (χ3n) is 4.35. The van der Waals surface area contributed by atoms with E-state index >= 15 is 0 Å². The summed E-state index contributed by atoms with van der Waals surface area (Å²) in [5, 5.41) is 0. The van der Waals surface area contributed by atoms with Crippen LogP contribution in [-0.4, -0.2) is 19.7 Å². The Hall–Kier alpha value is -2.96. The van der Waals surface area contributed by atoms with Gasteiger partial charge in [-0.25, -0.2) is 9.38 Å². The SMILES string of the molecule is COc1cc(F)c2c(c1)[C@]1(CCN=C(N)O1)c1cc(N)ccc1O2. The van der Waals surface area contributed by atoms with Crippen molar-refractivity contribution in [3.63, 3.8) is 0 Å². The summed E-state index contributed by atoms with van der Waals surface area (Å²) in [7, 11) is 1.47. The number of amidine groups is 1. The minimum Gasteiger partial charge on any atom is -0.497 e. The summed E-state index contributed by atoms with van der Waals surface area (Å²) >= 11 is 0. The van der Waals surface area contributed by atoms with Gasteiger partial charge in [-0.15, -0.1) is 0 Å². The van der Waals surface area contributed by atoms with Gasteiger partial charge in [0.1, 0.15) is 11.5 Å². The molecule has 0 aromatic heterocycles. The molecule has 2 aromatic rings. The number of halogens is 1. The zero-order valence-corrected chi connectivity index (χ0v) is 13.0. The molecule has 4 N–H and O–H groups in total. The van der Waals surface area contributed by atoms with E-state index in [1.807, 2.05) is 0 Å². The van der Waals surface area contributed by atoms with E-state index in [4.69, 9.17) is 25.7 Å². The molecule has 4 rings (SSSR count). The lowest BCUT2D eigenvalue weighted by Gasteiger charge is -2.41. The van der Waals surface area contributed by atoms with Gasteiger partial charge in [-0.3, -0.25) is 0 Å². The highest BCUT2D eigenvalue weighted by Gasteiger charge is 2.47. The molecular formula is C17H16FN3O3. The van der Waals surface area contributed by atoms with Crippen molar-refractivity contribution in [2.24, 2.45) is 10.7 Å². The maximum Gasteiger partial charge on any atom is 0.283 e. The molecule has 6 nitrogen and oxygen atoms in total. The highest BCUT2D eigenvalue weighted by Crippen LogP contribution is 2.53. The molecule has 0 fully saturated rings. The Morgan fingerprint density at radius 2 is 2.04 bits per heavy atom. The second-order valence-corrected chi connectivity index (χ2v) is 5.74. The van der Waals surface area contributed by atoms with E-state index in [0.717, 1.165) is 0 Å². The number of hydrogen-bond acceptors (Lipinski definition) is 6. The number of anilines is 1. The number of nitrogens with two attached hydrogens (primary N) is 2. The molecule has 2 aromatic carbocycles. The summed E-state index contributed by atoms with van der Waals surface area (Å²) in [5.74, 6) is 0.417. The number of benzene rings is 2. The third kappa shape index (κ3) is 1.97. The number of methoxy groups -OCH3 is 1. The molecule has 2 heterocycles. The van der Waals surface area contributed by atoms with Crippen LogP contribution in [0.3, 0.4) is 0 Å². The van der Waals surface area contributed by atoms with Gasteiger partial charge in [0.2, 0.25) is 0 Å². The number of rotatable bonds is 1. The molecule has 24 heavy (non-hydrogen) atoms. The molecule has 0 amide bonds. The first kappa shape index (κ1) is 14.6. The van der Waals surface area contributed by atoms with Gasteiger partial charge < -0.3 is 25.7 Å². The number of nitrogens with zero attached hydrogens (tertiary/aromatic N) is 1. The van der Waals surface area contributed by atoms with E-state index in [0.29, 0.717) is 41.3 Å². The number of aliphatic imine (C=N–C) groups is 1. The molecule has 0 radical (unpaired) electrons. The van der Waals surface area contributed by atoms with E-state index in [1.165, 1.54) is 13.2 Å².